The van der Waals surface area contributed by atoms with Gasteiger partial charge in [-0.1, -0.05) is 0 Å². The van der Waals surface area contributed by atoms with Crippen molar-refractivity contribution in [2.75, 3.05) is 38.2 Å². The summed E-state index contributed by atoms with van der Waals surface area (Å²) in [7, 11) is 0. The number of carbonyl (C=O) groups excluding carboxylic acids is 2. The zero-order valence-corrected chi connectivity index (χ0v) is 14.1. The molecule has 0 bridgehead atoms. The Labute approximate surface area is 146 Å². The zero-order chi connectivity index (χ0) is 17.2. The Kier molecular flexibility index (Phi) is 4.67. The highest BCUT2D eigenvalue weighted by Gasteiger charge is 2.43. The third kappa shape index (κ3) is 3.67. The van der Waals surface area contributed by atoms with Gasteiger partial charge in [-0.15, -0.1) is 0 Å². The van der Waals surface area contributed by atoms with E-state index in [2.05, 4.69) is 10.3 Å². The van der Waals surface area contributed by atoms with Gasteiger partial charge in [0.25, 0.3) is 5.91 Å². The molecule has 2 aliphatic heterocycles. The smallest absolute Gasteiger partial charge is 0.255 e. The summed E-state index contributed by atoms with van der Waals surface area (Å²) in [6.07, 6.45) is 4.66. The number of rotatable bonds is 4. The van der Waals surface area contributed by atoms with E-state index < -0.39 is 0 Å². The minimum absolute atomic E-state index is 0.0332. The average Bonchev–Trinajstić information content (AvgIpc) is 3.38. The van der Waals surface area contributed by atoms with Gasteiger partial charge in [0.1, 0.15) is 5.82 Å². The molecule has 1 aromatic rings. The number of hydrogen-bond acceptors (Lipinski definition) is 5. The number of ether oxygens (including phenoxy) is 2. The van der Waals surface area contributed by atoms with Crippen LogP contribution in [0.2, 0.25) is 0 Å². The molecule has 7 heteroatoms. The van der Waals surface area contributed by atoms with Crippen LogP contribution < -0.4 is 5.32 Å². The lowest BCUT2D eigenvalue weighted by atomic mass is 9.97. The van der Waals surface area contributed by atoms with E-state index in [9.17, 15) is 9.59 Å². The first-order chi connectivity index (χ1) is 12.2. The van der Waals surface area contributed by atoms with Crippen molar-refractivity contribution < 1.29 is 19.1 Å². The monoisotopic (exact) mass is 345 g/mol. The van der Waals surface area contributed by atoms with Crippen LogP contribution in [0, 0.1) is 11.8 Å². The molecular formula is C18H23N3O4. The second-order valence-corrected chi connectivity index (χ2v) is 6.89. The van der Waals surface area contributed by atoms with Crippen LogP contribution >= 0.6 is 0 Å². The number of pyridine rings is 1. The Morgan fingerprint density at radius 1 is 1.12 bits per heavy atom. The predicted molar refractivity (Wildman–Crippen MR) is 90.2 cm³/mol. The molecule has 4 rings (SSSR count). The Morgan fingerprint density at radius 2 is 1.92 bits per heavy atom. The van der Waals surface area contributed by atoms with Gasteiger partial charge in [0.15, 0.2) is 0 Å². The van der Waals surface area contributed by atoms with Gasteiger partial charge >= 0.3 is 0 Å². The van der Waals surface area contributed by atoms with Crippen molar-refractivity contribution in [1.82, 2.24) is 9.88 Å². The maximum absolute atomic E-state index is 12.5. The number of hydrogen-bond donors (Lipinski definition) is 1. The highest BCUT2D eigenvalue weighted by molar-refractivity contribution is 5.95. The lowest BCUT2D eigenvalue weighted by Crippen LogP contribution is -2.40. The molecule has 0 aromatic carbocycles. The molecule has 3 heterocycles. The molecular weight excluding hydrogens is 322 g/mol. The minimum atomic E-state index is -0.0936. The molecule has 2 amide bonds. The fourth-order valence-electron chi connectivity index (χ4n) is 3.54. The number of carbonyl (C=O) groups is 2. The maximum atomic E-state index is 12.5. The minimum Gasteiger partial charge on any atom is -0.378 e. The Bertz CT molecular complexity index is 638. The van der Waals surface area contributed by atoms with E-state index in [0.29, 0.717) is 50.2 Å². The predicted octanol–water partition coefficient (Wildman–Crippen LogP) is 1.31. The summed E-state index contributed by atoms with van der Waals surface area (Å²) >= 11 is 0. The van der Waals surface area contributed by atoms with E-state index in [1.807, 2.05) is 0 Å². The van der Waals surface area contributed by atoms with Crippen LogP contribution in [0.5, 0.6) is 0 Å². The molecule has 1 saturated carbocycles. The summed E-state index contributed by atoms with van der Waals surface area (Å²) < 4.78 is 11.0. The molecule has 1 aliphatic carbocycles. The molecule has 134 valence electrons. The van der Waals surface area contributed by atoms with E-state index >= 15 is 0 Å². The maximum Gasteiger partial charge on any atom is 0.255 e. The summed E-state index contributed by atoms with van der Waals surface area (Å²) in [5, 5.41) is 2.87. The van der Waals surface area contributed by atoms with Crippen LogP contribution in [0.1, 0.15) is 29.6 Å². The van der Waals surface area contributed by atoms with Crippen LogP contribution in [-0.4, -0.2) is 60.7 Å². The number of nitrogens with one attached hydrogen (secondary N) is 1. The van der Waals surface area contributed by atoms with Crippen molar-refractivity contribution in [3.8, 4) is 0 Å². The second-order valence-electron chi connectivity index (χ2n) is 6.89. The van der Waals surface area contributed by atoms with Crippen LogP contribution in [-0.2, 0) is 14.3 Å². The van der Waals surface area contributed by atoms with Crippen molar-refractivity contribution >= 4 is 17.6 Å². The zero-order valence-electron chi connectivity index (χ0n) is 14.1. The standard InChI is InChI=1S/C18H23N3O4/c22-17(14-5-8-25-16(14)12-1-2-12)20-15-4-3-13(11-19-15)18(23)21-6-9-24-10-7-21/h3-4,11-12,14,16H,1-2,5-10H2,(H,19,20,22)/t14-,16+/m1/s1. The molecule has 7 nitrogen and oxygen atoms in total. The van der Waals surface area contributed by atoms with Gasteiger partial charge in [-0.3, -0.25) is 9.59 Å². The van der Waals surface area contributed by atoms with E-state index in [4.69, 9.17) is 9.47 Å². The van der Waals surface area contributed by atoms with Crippen molar-refractivity contribution in [1.29, 1.82) is 0 Å². The highest BCUT2D eigenvalue weighted by Crippen LogP contribution is 2.41. The molecule has 0 spiro atoms. The molecule has 2 saturated heterocycles. The largest absolute Gasteiger partial charge is 0.378 e. The van der Waals surface area contributed by atoms with Crippen molar-refractivity contribution in [3.63, 3.8) is 0 Å². The molecule has 2 atom stereocenters. The fraction of sp³-hybridized carbons (Fsp3) is 0.611. The van der Waals surface area contributed by atoms with Crippen LogP contribution in [0.3, 0.4) is 0 Å². The van der Waals surface area contributed by atoms with Gasteiger partial charge in [0.2, 0.25) is 5.91 Å². The Balaban J connectivity index is 1.36. The third-order valence-corrected chi connectivity index (χ3v) is 5.12. The normalized spacial score (nSPS) is 26.5. The third-order valence-electron chi connectivity index (χ3n) is 5.12. The van der Waals surface area contributed by atoms with Crippen molar-refractivity contribution in [2.24, 2.45) is 11.8 Å². The molecule has 3 aliphatic rings. The van der Waals surface area contributed by atoms with Gasteiger partial charge < -0.3 is 19.7 Å². The average molecular weight is 345 g/mol. The van der Waals surface area contributed by atoms with Crippen LogP contribution in [0.4, 0.5) is 5.82 Å². The van der Waals surface area contributed by atoms with E-state index in [0.717, 1.165) is 19.3 Å². The lowest BCUT2D eigenvalue weighted by molar-refractivity contribution is -0.121. The number of amides is 2. The van der Waals surface area contributed by atoms with Crippen molar-refractivity contribution in [2.45, 2.75) is 25.4 Å². The number of anilines is 1. The van der Waals surface area contributed by atoms with Crippen LogP contribution in [0.25, 0.3) is 0 Å². The highest BCUT2D eigenvalue weighted by atomic mass is 16.5. The summed E-state index contributed by atoms with van der Waals surface area (Å²) in [5.74, 6) is 0.842. The van der Waals surface area contributed by atoms with Gasteiger partial charge in [-0.05, 0) is 37.3 Å². The topological polar surface area (TPSA) is 80.8 Å². The first-order valence-electron chi connectivity index (χ1n) is 8.98. The number of morpholine rings is 1. The molecule has 1 aromatic heterocycles. The fourth-order valence-corrected chi connectivity index (χ4v) is 3.54. The van der Waals surface area contributed by atoms with Gasteiger partial charge in [0.05, 0.1) is 30.8 Å². The van der Waals surface area contributed by atoms with Gasteiger partial charge in [0, 0.05) is 25.9 Å². The van der Waals surface area contributed by atoms with Gasteiger partial charge in [-0.2, -0.15) is 0 Å². The summed E-state index contributed by atoms with van der Waals surface area (Å²) in [5.41, 5.74) is 0.528. The second kappa shape index (κ2) is 7.09. The first kappa shape index (κ1) is 16.5. The Hall–Kier alpha value is -1.99. The van der Waals surface area contributed by atoms with Crippen LogP contribution in [0.15, 0.2) is 18.3 Å². The molecule has 25 heavy (non-hydrogen) atoms. The summed E-state index contributed by atoms with van der Waals surface area (Å²) in [6, 6.07) is 3.40. The van der Waals surface area contributed by atoms with Gasteiger partial charge in [-0.25, -0.2) is 4.98 Å². The molecule has 0 radical (unpaired) electrons. The SMILES string of the molecule is O=C(Nc1ccc(C(=O)N2CCOCC2)cn1)[C@@H]1CCO[C@H]1C1CC1. The molecule has 3 fully saturated rings. The van der Waals surface area contributed by atoms with Crippen molar-refractivity contribution in [3.05, 3.63) is 23.9 Å². The summed E-state index contributed by atoms with van der Waals surface area (Å²) in [6.45, 7) is 2.99. The molecule has 0 unspecified atom stereocenters. The van der Waals surface area contributed by atoms with E-state index in [1.54, 1.807) is 17.0 Å². The van der Waals surface area contributed by atoms with E-state index in [-0.39, 0.29) is 23.8 Å². The molecule has 1 N–H and O–H groups in total. The first-order valence-corrected chi connectivity index (χ1v) is 8.98. The Morgan fingerprint density at radius 3 is 2.60 bits per heavy atom. The quantitative estimate of drug-likeness (QED) is 0.890. The number of aromatic nitrogens is 1. The number of nitrogens with zero attached hydrogens (tertiary/aromatic N) is 2. The summed E-state index contributed by atoms with van der Waals surface area (Å²) in [4.78, 5) is 30.9. The van der Waals surface area contributed by atoms with E-state index in [1.165, 1.54) is 6.20 Å². The lowest BCUT2D eigenvalue weighted by Gasteiger charge is -2.26.